The highest BCUT2D eigenvalue weighted by Crippen LogP contribution is 2.34. The Balaban J connectivity index is 1.55. The van der Waals surface area contributed by atoms with Crippen LogP contribution in [0.1, 0.15) is 11.1 Å². The summed E-state index contributed by atoms with van der Waals surface area (Å²) in [5.74, 6) is 0.771. The average Bonchev–Trinajstić information content (AvgIpc) is 2.72. The predicted molar refractivity (Wildman–Crippen MR) is 108 cm³/mol. The minimum Gasteiger partial charge on any atom is -0.493 e. The summed E-state index contributed by atoms with van der Waals surface area (Å²) in [7, 11) is 1.58. The van der Waals surface area contributed by atoms with Gasteiger partial charge in [0.25, 0.3) is 0 Å². The Morgan fingerprint density at radius 1 is 1.14 bits per heavy atom. The number of hydrogen-bond donors (Lipinski definition) is 1. The maximum Gasteiger partial charge on any atom is 0.163 e. The highest BCUT2D eigenvalue weighted by molar-refractivity contribution is 6.31. The lowest BCUT2D eigenvalue weighted by Crippen LogP contribution is -2.40. The van der Waals surface area contributed by atoms with Crippen molar-refractivity contribution in [3.05, 3.63) is 58.4 Å². The number of rotatable bonds is 9. The van der Waals surface area contributed by atoms with Crippen molar-refractivity contribution in [3.63, 3.8) is 0 Å². The SMILES string of the molecule is COc1cc(CNCCN2CCOCC2)c(Cl)cc1OCc1ccccc1F. The fraction of sp³-hybridized carbons (Fsp3) is 0.429. The quantitative estimate of drug-likeness (QED) is 0.643. The Labute approximate surface area is 170 Å². The molecular weight excluding hydrogens is 383 g/mol. The summed E-state index contributed by atoms with van der Waals surface area (Å²) >= 11 is 6.42. The molecule has 3 rings (SSSR count). The normalized spacial score (nSPS) is 14.8. The molecule has 1 fully saturated rings. The number of benzene rings is 2. The number of methoxy groups -OCH3 is 1. The summed E-state index contributed by atoms with van der Waals surface area (Å²) in [6, 6.07) is 10.1. The topological polar surface area (TPSA) is 43.0 Å². The average molecular weight is 409 g/mol. The second-order valence-electron chi connectivity index (χ2n) is 6.61. The van der Waals surface area contributed by atoms with E-state index in [2.05, 4.69) is 10.2 Å². The highest BCUT2D eigenvalue weighted by Gasteiger charge is 2.13. The van der Waals surface area contributed by atoms with Crippen LogP contribution in [0.4, 0.5) is 4.39 Å². The maximum absolute atomic E-state index is 13.8. The molecule has 0 unspecified atom stereocenters. The van der Waals surface area contributed by atoms with Gasteiger partial charge in [0.2, 0.25) is 0 Å². The Hall–Kier alpha value is -1.86. The molecule has 1 aliphatic heterocycles. The molecule has 0 radical (unpaired) electrons. The second-order valence-corrected chi connectivity index (χ2v) is 7.01. The van der Waals surface area contributed by atoms with E-state index < -0.39 is 0 Å². The van der Waals surface area contributed by atoms with E-state index in [0.29, 0.717) is 28.6 Å². The Morgan fingerprint density at radius 3 is 2.68 bits per heavy atom. The van der Waals surface area contributed by atoms with Crippen LogP contribution in [0, 0.1) is 5.82 Å². The summed E-state index contributed by atoms with van der Waals surface area (Å²) in [5.41, 5.74) is 1.41. The lowest BCUT2D eigenvalue weighted by atomic mass is 10.2. The van der Waals surface area contributed by atoms with Gasteiger partial charge in [-0.05, 0) is 17.7 Å². The molecule has 2 aromatic rings. The molecule has 0 bridgehead atoms. The van der Waals surface area contributed by atoms with Gasteiger partial charge in [-0.25, -0.2) is 4.39 Å². The Kier molecular flexibility index (Phi) is 7.91. The zero-order chi connectivity index (χ0) is 19.8. The van der Waals surface area contributed by atoms with Gasteiger partial charge in [-0.1, -0.05) is 29.8 Å². The number of nitrogens with one attached hydrogen (secondary N) is 1. The van der Waals surface area contributed by atoms with Crippen molar-refractivity contribution < 1.29 is 18.6 Å². The molecule has 28 heavy (non-hydrogen) atoms. The molecule has 0 aromatic heterocycles. The van der Waals surface area contributed by atoms with Crippen LogP contribution in [0.5, 0.6) is 11.5 Å². The first-order valence-electron chi connectivity index (χ1n) is 9.41. The van der Waals surface area contributed by atoms with Crippen LogP contribution in [0.25, 0.3) is 0 Å². The van der Waals surface area contributed by atoms with Gasteiger partial charge in [0, 0.05) is 49.4 Å². The molecule has 1 aliphatic rings. The van der Waals surface area contributed by atoms with E-state index in [1.54, 1.807) is 31.4 Å². The standard InChI is InChI=1S/C21H26ClFN2O3/c1-26-20-12-17(14-24-6-7-25-8-10-27-11-9-25)18(22)13-21(20)28-15-16-4-2-3-5-19(16)23/h2-5,12-13,24H,6-11,14-15H2,1H3. The fourth-order valence-corrected chi connectivity index (χ4v) is 3.26. The van der Waals surface area contributed by atoms with E-state index in [9.17, 15) is 4.39 Å². The van der Waals surface area contributed by atoms with Crippen molar-refractivity contribution in [2.24, 2.45) is 0 Å². The largest absolute Gasteiger partial charge is 0.493 e. The first kappa shape index (κ1) is 20.9. The minimum absolute atomic E-state index is 0.108. The van der Waals surface area contributed by atoms with Crippen LogP contribution in [0.15, 0.2) is 36.4 Å². The molecule has 2 aromatic carbocycles. The third-order valence-electron chi connectivity index (χ3n) is 4.70. The zero-order valence-electron chi connectivity index (χ0n) is 16.0. The molecule has 0 spiro atoms. The van der Waals surface area contributed by atoms with Crippen LogP contribution in [-0.2, 0) is 17.9 Å². The van der Waals surface area contributed by atoms with Crippen molar-refractivity contribution in [1.82, 2.24) is 10.2 Å². The molecule has 0 amide bonds. The van der Waals surface area contributed by atoms with E-state index >= 15 is 0 Å². The van der Waals surface area contributed by atoms with Gasteiger partial charge in [0.15, 0.2) is 11.5 Å². The fourth-order valence-electron chi connectivity index (χ4n) is 3.04. The third kappa shape index (κ3) is 5.82. The van der Waals surface area contributed by atoms with E-state index in [-0.39, 0.29) is 12.4 Å². The van der Waals surface area contributed by atoms with Gasteiger partial charge >= 0.3 is 0 Å². The van der Waals surface area contributed by atoms with E-state index in [1.165, 1.54) is 6.07 Å². The number of ether oxygens (including phenoxy) is 3. The van der Waals surface area contributed by atoms with E-state index in [0.717, 1.165) is 45.0 Å². The summed E-state index contributed by atoms with van der Waals surface area (Å²) in [6.07, 6.45) is 0. The molecule has 0 atom stereocenters. The van der Waals surface area contributed by atoms with Gasteiger partial charge in [-0.3, -0.25) is 4.90 Å². The van der Waals surface area contributed by atoms with Crippen LogP contribution in [-0.4, -0.2) is 51.4 Å². The number of nitrogens with zero attached hydrogens (tertiary/aromatic N) is 1. The Bertz CT molecular complexity index is 769. The summed E-state index contributed by atoms with van der Waals surface area (Å²) < 4.78 is 30.3. The predicted octanol–water partition coefficient (Wildman–Crippen LogP) is 3.49. The number of hydrogen-bond acceptors (Lipinski definition) is 5. The molecule has 1 N–H and O–H groups in total. The van der Waals surface area contributed by atoms with Crippen molar-refractivity contribution in [2.45, 2.75) is 13.2 Å². The smallest absolute Gasteiger partial charge is 0.163 e. The van der Waals surface area contributed by atoms with Crippen molar-refractivity contribution in [2.75, 3.05) is 46.5 Å². The Morgan fingerprint density at radius 2 is 1.93 bits per heavy atom. The van der Waals surface area contributed by atoms with Crippen LogP contribution >= 0.6 is 11.6 Å². The number of morpholine rings is 1. The number of halogens is 2. The third-order valence-corrected chi connectivity index (χ3v) is 5.05. The molecule has 5 nitrogen and oxygen atoms in total. The van der Waals surface area contributed by atoms with Gasteiger partial charge in [-0.15, -0.1) is 0 Å². The van der Waals surface area contributed by atoms with Gasteiger partial charge in [0.1, 0.15) is 12.4 Å². The molecule has 0 saturated carbocycles. The summed E-state index contributed by atoms with van der Waals surface area (Å²) in [4.78, 5) is 2.37. The first-order chi connectivity index (χ1) is 13.7. The van der Waals surface area contributed by atoms with Crippen molar-refractivity contribution in [3.8, 4) is 11.5 Å². The lowest BCUT2D eigenvalue weighted by Gasteiger charge is -2.26. The molecular formula is C21H26ClFN2O3. The summed E-state index contributed by atoms with van der Waals surface area (Å²) in [6.45, 7) is 6.14. The lowest BCUT2D eigenvalue weighted by molar-refractivity contribution is 0.0384. The van der Waals surface area contributed by atoms with E-state index in [4.69, 9.17) is 25.8 Å². The van der Waals surface area contributed by atoms with Crippen LogP contribution < -0.4 is 14.8 Å². The monoisotopic (exact) mass is 408 g/mol. The van der Waals surface area contributed by atoms with Gasteiger partial charge < -0.3 is 19.5 Å². The van der Waals surface area contributed by atoms with Crippen LogP contribution in [0.3, 0.4) is 0 Å². The van der Waals surface area contributed by atoms with Crippen molar-refractivity contribution >= 4 is 11.6 Å². The highest BCUT2D eigenvalue weighted by atomic mass is 35.5. The van der Waals surface area contributed by atoms with E-state index in [1.807, 2.05) is 6.07 Å². The maximum atomic E-state index is 13.8. The second kappa shape index (κ2) is 10.6. The zero-order valence-corrected chi connectivity index (χ0v) is 16.8. The van der Waals surface area contributed by atoms with Gasteiger partial charge in [-0.2, -0.15) is 0 Å². The molecule has 1 saturated heterocycles. The molecule has 0 aliphatic carbocycles. The first-order valence-corrected chi connectivity index (χ1v) is 9.78. The summed E-state index contributed by atoms with van der Waals surface area (Å²) in [5, 5.41) is 4.00. The molecule has 152 valence electrons. The molecule has 7 heteroatoms. The van der Waals surface area contributed by atoms with Crippen LogP contribution in [0.2, 0.25) is 5.02 Å². The minimum atomic E-state index is -0.298. The van der Waals surface area contributed by atoms with Crippen molar-refractivity contribution in [1.29, 1.82) is 0 Å². The molecule has 1 heterocycles. The van der Waals surface area contributed by atoms with Gasteiger partial charge in [0.05, 0.1) is 20.3 Å².